The average Bonchev–Trinajstić information content (AvgIpc) is 3.10. The fraction of sp³-hybridized carbons (Fsp3) is 0.182. The molecule has 8 nitrogen and oxygen atoms in total. The van der Waals surface area contributed by atoms with Gasteiger partial charge in [0.1, 0.15) is 0 Å². The van der Waals surface area contributed by atoms with Crippen molar-refractivity contribution < 1.29 is 14.4 Å². The van der Waals surface area contributed by atoms with Crippen molar-refractivity contribution in [2.75, 3.05) is 6.54 Å². The first kappa shape index (κ1) is 22.0. The van der Waals surface area contributed by atoms with Crippen LogP contribution in [0.2, 0.25) is 5.02 Å². The van der Waals surface area contributed by atoms with Crippen molar-refractivity contribution in [3.63, 3.8) is 0 Å². The lowest BCUT2D eigenvalue weighted by atomic mass is 10.1. The molecule has 0 bridgehead atoms. The van der Waals surface area contributed by atoms with Crippen molar-refractivity contribution in [3.8, 4) is 0 Å². The Balaban J connectivity index is 1.57. The Bertz CT molecular complexity index is 1110. The van der Waals surface area contributed by atoms with Crippen LogP contribution in [0.5, 0.6) is 0 Å². The van der Waals surface area contributed by atoms with Gasteiger partial charge in [0.15, 0.2) is 0 Å². The zero-order valence-corrected chi connectivity index (χ0v) is 17.6. The second kappa shape index (κ2) is 9.90. The molecule has 0 aliphatic rings. The van der Waals surface area contributed by atoms with E-state index in [1.807, 2.05) is 18.2 Å². The van der Waals surface area contributed by atoms with Crippen LogP contribution in [0, 0.1) is 6.92 Å². The van der Waals surface area contributed by atoms with E-state index in [1.165, 1.54) is 0 Å². The SMILES string of the molecule is Cc1nn(Cc2cccc(Cl)c2)cc1C(=O)NCc1ccc(C(=O)NCC(N)=O)cc1. The average molecular weight is 440 g/mol. The van der Waals surface area contributed by atoms with Crippen molar-refractivity contribution in [2.24, 2.45) is 5.73 Å². The molecule has 0 aliphatic heterocycles. The van der Waals surface area contributed by atoms with Gasteiger partial charge in [0.2, 0.25) is 5.91 Å². The van der Waals surface area contributed by atoms with Crippen LogP contribution in [0.3, 0.4) is 0 Å². The molecule has 0 aliphatic carbocycles. The molecule has 1 aromatic heterocycles. The van der Waals surface area contributed by atoms with E-state index in [4.69, 9.17) is 17.3 Å². The summed E-state index contributed by atoms with van der Waals surface area (Å²) in [5.74, 6) is -1.24. The van der Waals surface area contributed by atoms with Crippen LogP contribution in [-0.2, 0) is 17.9 Å². The molecule has 0 fully saturated rings. The first-order valence-corrected chi connectivity index (χ1v) is 9.92. The third-order valence-electron chi connectivity index (χ3n) is 4.52. The molecule has 3 amide bonds. The minimum atomic E-state index is -0.612. The minimum absolute atomic E-state index is 0.221. The largest absolute Gasteiger partial charge is 0.368 e. The maximum Gasteiger partial charge on any atom is 0.255 e. The highest BCUT2D eigenvalue weighted by molar-refractivity contribution is 6.30. The molecule has 0 unspecified atom stereocenters. The standard InChI is InChI=1S/C22H22ClN5O3/c1-14-19(13-28(27-14)12-16-3-2-4-18(23)9-16)22(31)25-10-15-5-7-17(8-6-15)21(30)26-11-20(24)29/h2-9,13H,10-12H2,1H3,(H2,24,29)(H,25,31)(H,26,30). The lowest BCUT2D eigenvalue weighted by Crippen LogP contribution is -2.33. The fourth-order valence-corrected chi connectivity index (χ4v) is 3.18. The zero-order chi connectivity index (χ0) is 22.4. The van der Waals surface area contributed by atoms with Gasteiger partial charge in [-0.05, 0) is 42.3 Å². The van der Waals surface area contributed by atoms with Crippen molar-refractivity contribution in [1.82, 2.24) is 20.4 Å². The van der Waals surface area contributed by atoms with E-state index >= 15 is 0 Å². The Labute approximate surface area is 184 Å². The number of amides is 3. The molecule has 0 spiro atoms. The van der Waals surface area contributed by atoms with Gasteiger partial charge in [0, 0.05) is 23.3 Å². The maximum atomic E-state index is 12.6. The van der Waals surface area contributed by atoms with Crippen LogP contribution >= 0.6 is 11.6 Å². The summed E-state index contributed by atoms with van der Waals surface area (Å²) in [6, 6.07) is 14.2. The van der Waals surface area contributed by atoms with E-state index in [1.54, 1.807) is 48.1 Å². The van der Waals surface area contributed by atoms with Crippen molar-refractivity contribution in [2.45, 2.75) is 20.0 Å². The van der Waals surface area contributed by atoms with Gasteiger partial charge in [0.25, 0.3) is 11.8 Å². The third kappa shape index (κ3) is 6.16. The Kier molecular flexibility index (Phi) is 7.04. The van der Waals surface area contributed by atoms with Crippen LogP contribution in [0.25, 0.3) is 0 Å². The number of hydrogen-bond acceptors (Lipinski definition) is 4. The van der Waals surface area contributed by atoms with Gasteiger partial charge in [-0.3, -0.25) is 19.1 Å². The molecule has 4 N–H and O–H groups in total. The highest BCUT2D eigenvalue weighted by atomic mass is 35.5. The van der Waals surface area contributed by atoms with Crippen LogP contribution in [-0.4, -0.2) is 34.0 Å². The van der Waals surface area contributed by atoms with E-state index in [0.29, 0.717) is 34.9 Å². The molecular formula is C22H22ClN5O3. The summed E-state index contributed by atoms with van der Waals surface area (Å²) in [5, 5.41) is 10.3. The van der Waals surface area contributed by atoms with E-state index < -0.39 is 11.8 Å². The topological polar surface area (TPSA) is 119 Å². The van der Waals surface area contributed by atoms with Gasteiger partial charge in [-0.1, -0.05) is 35.9 Å². The summed E-state index contributed by atoms with van der Waals surface area (Å²) >= 11 is 6.02. The van der Waals surface area contributed by atoms with E-state index in [2.05, 4.69) is 15.7 Å². The normalized spacial score (nSPS) is 10.5. The molecule has 9 heteroatoms. The molecule has 1 heterocycles. The highest BCUT2D eigenvalue weighted by Crippen LogP contribution is 2.13. The quantitative estimate of drug-likeness (QED) is 0.497. The molecule has 0 atom stereocenters. The number of primary amides is 1. The smallest absolute Gasteiger partial charge is 0.255 e. The first-order chi connectivity index (χ1) is 14.8. The number of aromatic nitrogens is 2. The number of halogens is 1. The molecule has 0 saturated carbocycles. The number of nitrogens with two attached hydrogens (primary N) is 1. The number of benzene rings is 2. The number of rotatable bonds is 8. The summed E-state index contributed by atoms with van der Waals surface area (Å²) in [6.07, 6.45) is 1.71. The lowest BCUT2D eigenvalue weighted by molar-refractivity contribution is -0.117. The number of nitrogens with one attached hydrogen (secondary N) is 2. The summed E-state index contributed by atoms with van der Waals surface area (Å²) in [4.78, 5) is 35.2. The third-order valence-corrected chi connectivity index (χ3v) is 4.75. The fourth-order valence-electron chi connectivity index (χ4n) is 2.97. The molecule has 3 rings (SSSR count). The van der Waals surface area contributed by atoms with E-state index in [0.717, 1.165) is 11.1 Å². The van der Waals surface area contributed by atoms with Crippen LogP contribution in [0.15, 0.2) is 54.7 Å². The molecule has 31 heavy (non-hydrogen) atoms. The predicted octanol–water partition coefficient (Wildman–Crippen LogP) is 2.04. The van der Waals surface area contributed by atoms with Crippen LogP contribution in [0.1, 0.15) is 37.5 Å². The Morgan fingerprint density at radius 2 is 1.77 bits per heavy atom. The molecule has 2 aromatic carbocycles. The monoisotopic (exact) mass is 439 g/mol. The van der Waals surface area contributed by atoms with Crippen LogP contribution in [0.4, 0.5) is 0 Å². The summed E-state index contributed by atoms with van der Waals surface area (Å²) in [5.41, 5.74) is 8.33. The number of carbonyl (C=O) groups excluding carboxylic acids is 3. The Morgan fingerprint density at radius 3 is 2.45 bits per heavy atom. The number of nitrogens with zero attached hydrogens (tertiary/aromatic N) is 2. The molecule has 160 valence electrons. The molecule has 0 saturated heterocycles. The van der Waals surface area contributed by atoms with Crippen molar-refractivity contribution >= 4 is 29.3 Å². The summed E-state index contributed by atoms with van der Waals surface area (Å²) in [6.45, 7) is 2.36. The minimum Gasteiger partial charge on any atom is -0.368 e. The lowest BCUT2D eigenvalue weighted by Gasteiger charge is -2.06. The van der Waals surface area contributed by atoms with Gasteiger partial charge in [-0.15, -0.1) is 0 Å². The highest BCUT2D eigenvalue weighted by Gasteiger charge is 2.14. The van der Waals surface area contributed by atoms with Gasteiger partial charge in [0.05, 0.1) is 24.3 Å². The zero-order valence-electron chi connectivity index (χ0n) is 16.9. The van der Waals surface area contributed by atoms with Gasteiger partial charge < -0.3 is 16.4 Å². The number of carbonyl (C=O) groups is 3. The van der Waals surface area contributed by atoms with E-state index in [-0.39, 0.29) is 12.5 Å². The van der Waals surface area contributed by atoms with Gasteiger partial charge in [-0.25, -0.2) is 0 Å². The van der Waals surface area contributed by atoms with Gasteiger partial charge >= 0.3 is 0 Å². The van der Waals surface area contributed by atoms with E-state index in [9.17, 15) is 14.4 Å². The predicted molar refractivity (Wildman–Crippen MR) is 117 cm³/mol. The van der Waals surface area contributed by atoms with Crippen molar-refractivity contribution in [1.29, 1.82) is 0 Å². The summed E-state index contributed by atoms with van der Waals surface area (Å²) in [7, 11) is 0. The summed E-state index contributed by atoms with van der Waals surface area (Å²) < 4.78 is 1.70. The Morgan fingerprint density at radius 1 is 1.03 bits per heavy atom. The van der Waals surface area contributed by atoms with Gasteiger partial charge in [-0.2, -0.15) is 5.10 Å². The maximum absolute atomic E-state index is 12.6. The second-order valence-corrected chi connectivity index (χ2v) is 7.42. The Hall–Kier alpha value is -3.65. The number of aryl methyl sites for hydroxylation is 1. The molecule has 3 aromatic rings. The molecule has 0 radical (unpaired) electrons. The molecular weight excluding hydrogens is 418 g/mol. The number of hydrogen-bond donors (Lipinski definition) is 3. The second-order valence-electron chi connectivity index (χ2n) is 6.98. The first-order valence-electron chi connectivity index (χ1n) is 9.54. The van der Waals surface area contributed by atoms with Crippen molar-refractivity contribution in [3.05, 3.63) is 87.7 Å². The van der Waals surface area contributed by atoms with Crippen LogP contribution < -0.4 is 16.4 Å².